The minimum atomic E-state index is -0.554. The molecule has 0 saturated carbocycles. The summed E-state index contributed by atoms with van der Waals surface area (Å²) in [4.78, 5) is 0. The van der Waals surface area contributed by atoms with Crippen molar-refractivity contribution in [3.63, 3.8) is 0 Å². The summed E-state index contributed by atoms with van der Waals surface area (Å²) in [6.45, 7) is 0. The molecule has 0 amide bonds. The highest BCUT2D eigenvalue weighted by molar-refractivity contribution is 7.99. The summed E-state index contributed by atoms with van der Waals surface area (Å²) < 4.78 is 0. The second-order valence-corrected chi connectivity index (χ2v) is 5.87. The molecule has 15 heavy (non-hydrogen) atoms. The van der Waals surface area contributed by atoms with Gasteiger partial charge in [0.1, 0.15) is 0 Å². The number of hydrogen-bond donors (Lipinski definition) is 1. The average molecular weight is 263 g/mol. The largest absolute Gasteiger partial charge is 0.389 e. The first-order valence-corrected chi connectivity index (χ1v) is 6.74. The van der Waals surface area contributed by atoms with Gasteiger partial charge < -0.3 is 5.11 Å². The van der Waals surface area contributed by atoms with Gasteiger partial charge in [-0.25, -0.2) is 0 Å². The van der Waals surface area contributed by atoms with E-state index in [0.29, 0.717) is 16.5 Å². The Labute approximate surface area is 104 Å². The van der Waals surface area contributed by atoms with Crippen LogP contribution in [0, 0.1) is 0 Å². The van der Waals surface area contributed by atoms with Crippen molar-refractivity contribution in [3.05, 3.63) is 33.8 Å². The smallest absolute Gasteiger partial charge is 0.0785 e. The number of thioether (sulfide) groups is 1. The van der Waals surface area contributed by atoms with E-state index in [0.717, 1.165) is 23.5 Å². The summed E-state index contributed by atoms with van der Waals surface area (Å²) in [5.41, 5.74) is 0.497. The molecule has 0 aliphatic carbocycles. The molecule has 0 aromatic heterocycles. The fourth-order valence-electron chi connectivity index (χ4n) is 1.77. The zero-order valence-corrected chi connectivity index (χ0v) is 10.5. The van der Waals surface area contributed by atoms with Gasteiger partial charge >= 0.3 is 0 Å². The van der Waals surface area contributed by atoms with Crippen LogP contribution in [-0.2, 0) is 6.42 Å². The van der Waals surface area contributed by atoms with Crippen LogP contribution < -0.4 is 0 Å². The summed E-state index contributed by atoms with van der Waals surface area (Å²) in [7, 11) is 0. The Bertz CT molecular complexity index is 362. The molecule has 1 fully saturated rings. The highest BCUT2D eigenvalue weighted by Gasteiger charge is 2.31. The number of halogens is 2. The van der Waals surface area contributed by atoms with Crippen LogP contribution in [0.15, 0.2) is 18.2 Å². The van der Waals surface area contributed by atoms with Gasteiger partial charge in [0.2, 0.25) is 0 Å². The lowest BCUT2D eigenvalue weighted by Crippen LogP contribution is -2.30. The maximum absolute atomic E-state index is 10.2. The minimum Gasteiger partial charge on any atom is -0.389 e. The lowest BCUT2D eigenvalue weighted by Gasteiger charge is -2.21. The maximum Gasteiger partial charge on any atom is 0.0785 e. The molecule has 1 nitrogen and oxygen atoms in total. The van der Waals surface area contributed by atoms with Gasteiger partial charge in [-0.05, 0) is 29.9 Å². The Morgan fingerprint density at radius 3 is 2.73 bits per heavy atom. The quantitative estimate of drug-likeness (QED) is 0.882. The van der Waals surface area contributed by atoms with Crippen LogP contribution in [0.3, 0.4) is 0 Å². The third-order valence-electron chi connectivity index (χ3n) is 2.60. The molecule has 82 valence electrons. The first kappa shape index (κ1) is 11.6. The SMILES string of the molecule is OC1(Cc2ccc(Cl)c(Cl)c2)CCSC1. The molecule has 1 N–H and O–H groups in total. The van der Waals surface area contributed by atoms with Gasteiger partial charge in [0.05, 0.1) is 15.6 Å². The van der Waals surface area contributed by atoms with Gasteiger partial charge in [-0.2, -0.15) is 11.8 Å². The summed E-state index contributed by atoms with van der Waals surface area (Å²) in [5, 5.41) is 11.3. The highest BCUT2D eigenvalue weighted by Crippen LogP contribution is 2.32. The Morgan fingerprint density at radius 2 is 2.13 bits per heavy atom. The monoisotopic (exact) mass is 262 g/mol. The summed E-state index contributed by atoms with van der Waals surface area (Å²) in [6.07, 6.45) is 1.52. The van der Waals surface area contributed by atoms with Crippen molar-refractivity contribution in [2.24, 2.45) is 0 Å². The molecule has 1 aliphatic heterocycles. The van der Waals surface area contributed by atoms with E-state index in [1.54, 1.807) is 17.8 Å². The van der Waals surface area contributed by atoms with Crippen LogP contribution in [0.2, 0.25) is 10.0 Å². The van der Waals surface area contributed by atoms with Crippen LogP contribution in [0.1, 0.15) is 12.0 Å². The molecule has 1 saturated heterocycles. The zero-order valence-electron chi connectivity index (χ0n) is 8.17. The van der Waals surface area contributed by atoms with E-state index in [4.69, 9.17) is 23.2 Å². The zero-order chi connectivity index (χ0) is 10.9. The summed E-state index contributed by atoms with van der Waals surface area (Å²) in [6, 6.07) is 5.55. The molecule has 0 bridgehead atoms. The van der Waals surface area contributed by atoms with E-state index < -0.39 is 5.60 Å². The van der Waals surface area contributed by atoms with Gasteiger partial charge in [0, 0.05) is 12.2 Å². The van der Waals surface area contributed by atoms with Crippen LogP contribution in [0.4, 0.5) is 0 Å². The molecule has 1 heterocycles. The van der Waals surface area contributed by atoms with Crippen molar-refractivity contribution in [1.29, 1.82) is 0 Å². The molecule has 1 unspecified atom stereocenters. The van der Waals surface area contributed by atoms with Gasteiger partial charge in [0.15, 0.2) is 0 Å². The second-order valence-electron chi connectivity index (χ2n) is 3.95. The standard InChI is InChI=1S/C11H12Cl2OS/c12-9-2-1-8(5-10(9)13)6-11(14)3-4-15-7-11/h1-2,5,14H,3-4,6-7H2. The molecular formula is C11H12Cl2OS. The van der Waals surface area contributed by atoms with E-state index in [1.807, 2.05) is 12.1 Å². The molecule has 1 aromatic carbocycles. The fourth-order valence-corrected chi connectivity index (χ4v) is 3.38. The minimum absolute atomic E-state index is 0.554. The van der Waals surface area contributed by atoms with Crippen molar-refractivity contribution < 1.29 is 5.11 Å². The van der Waals surface area contributed by atoms with Crippen molar-refractivity contribution in [1.82, 2.24) is 0 Å². The number of aliphatic hydroxyl groups is 1. The molecule has 1 atom stereocenters. The Morgan fingerprint density at radius 1 is 1.33 bits per heavy atom. The first-order valence-electron chi connectivity index (χ1n) is 4.83. The normalized spacial score (nSPS) is 25.8. The topological polar surface area (TPSA) is 20.2 Å². The molecule has 1 aliphatic rings. The molecule has 0 radical (unpaired) electrons. The molecular weight excluding hydrogens is 251 g/mol. The predicted molar refractivity (Wildman–Crippen MR) is 67.1 cm³/mol. The molecule has 4 heteroatoms. The highest BCUT2D eigenvalue weighted by atomic mass is 35.5. The van der Waals surface area contributed by atoms with Crippen molar-refractivity contribution in [2.75, 3.05) is 11.5 Å². The third kappa shape index (κ3) is 2.82. The van der Waals surface area contributed by atoms with E-state index in [2.05, 4.69) is 0 Å². The Kier molecular flexibility index (Phi) is 3.51. The summed E-state index contributed by atoms with van der Waals surface area (Å²) >= 11 is 13.6. The first-order chi connectivity index (χ1) is 7.09. The van der Waals surface area contributed by atoms with Crippen molar-refractivity contribution in [3.8, 4) is 0 Å². The lowest BCUT2D eigenvalue weighted by atomic mass is 9.94. The Hall–Kier alpha value is 0.110. The maximum atomic E-state index is 10.2. The molecule has 0 spiro atoms. The van der Waals surface area contributed by atoms with Gasteiger partial charge in [0.25, 0.3) is 0 Å². The van der Waals surface area contributed by atoms with E-state index >= 15 is 0 Å². The van der Waals surface area contributed by atoms with Gasteiger partial charge in [-0.15, -0.1) is 0 Å². The van der Waals surface area contributed by atoms with Crippen molar-refractivity contribution in [2.45, 2.75) is 18.4 Å². The lowest BCUT2D eigenvalue weighted by molar-refractivity contribution is 0.0686. The second kappa shape index (κ2) is 4.54. The summed E-state index contributed by atoms with van der Waals surface area (Å²) in [5.74, 6) is 1.85. The van der Waals surface area contributed by atoms with E-state index in [1.165, 1.54) is 0 Å². The van der Waals surface area contributed by atoms with E-state index in [9.17, 15) is 5.11 Å². The van der Waals surface area contributed by atoms with E-state index in [-0.39, 0.29) is 0 Å². The number of hydrogen-bond acceptors (Lipinski definition) is 2. The third-order valence-corrected chi connectivity index (χ3v) is 4.57. The average Bonchev–Trinajstić information content (AvgIpc) is 2.59. The predicted octanol–water partition coefficient (Wildman–Crippen LogP) is 3.40. The van der Waals surface area contributed by atoms with Gasteiger partial charge in [-0.1, -0.05) is 29.3 Å². The van der Waals surface area contributed by atoms with Crippen LogP contribution in [0.5, 0.6) is 0 Å². The molecule has 2 rings (SSSR count). The van der Waals surface area contributed by atoms with Crippen molar-refractivity contribution >= 4 is 35.0 Å². The number of benzene rings is 1. The Balaban J connectivity index is 2.13. The van der Waals surface area contributed by atoms with Crippen LogP contribution in [-0.4, -0.2) is 22.2 Å². The molecule has 1 aromatic rings. The van der Waals surface area contributed by atoms with Crippen LogP contribution in [0.25, 0.3) is 0 Å². The van der Waals surface area contributed by atoms with Crippen LogP contribution >= 0.6 is 35.0 Å². The number of rotatable bonds is 2. The van der Waals surface area contributed by atoms with Gasteiger partial charge in [-0.3, -0.25) is 0 Å². The fraction of sp³-hybridized carbons (Fsp3) is 0.455.